The Morgan fingerprint density at radius 1 is 1.03 bits per heavy atom. The van der Waals surface area contributed by atoms with Crippen molar-refractivity contribution in [1.82, 2.24) is 0 Å². The Balaban J connectivity index is 1.52. The number of nitrogens with zero attached hydrogens (tertiary/aromatic N) is 1. The molecule has 1 saturated heterocycles. The summed E-state index contributed by atoms with van der Waals surface area (Å²) in [5.41, 5.74) is 3.45. The van der Waals surface area contributed by atoms with Gasteiger partial charge in [0.25, 0.3) is 0 Å². The molecule has 29 heavy (non-hydrogen) atoms. The third kappa shape index (κ3) is 4.03. The molecular formula is C24H20ClNO3. The van der Waals surface area contributed by atoms with Crippen LogP contribution in [0.5, 0.6) is 5.75 Å². The van der Waals surface area contributed by atoms with Gasteiger partial charge in [-0.2, -0.15) is 0 Å². The molecule has 1 atom stereocenters. The van der Waals surface area contributed by atoms with Gasteiger partial charge in [0.1, 0.15) is 5.75 Å². The summed E-state index contributed by atoms with van der Waals surface area (Å²) in [6.45, 7) is 2.19. The van der Waals surface area contributed by atoms with E-state index in [1.807, 2.05) is 67.6 Å². The number of rotatable bonds is 4. The molecule has 1 fully saturated rings. The second kappa shape index (κ2) is 8.10. The fourth-order valence-electron chi connectivity index (χ4n) is 3.47. The molecule has 3 aromatic carbocycles. The van der Waals surface area contributed by atoms with Crippen LogP contribution in [0.4, 0.5) is 5.69 Å². The first kappa shape index (κ1) is 19.2. The molecule has 5 heteroatoms. The van der Waals surface area contributed by atoms with E-state index in [0.29, 0.717) is 16.5 Å². The monoisotopic (exact) mass is 405 g/mol. The number of aryl methyl sites for hydroxylation is 1. The number of hydrogen-bond donors (Lipinski definition) is 0. The minimum atomic E-state index is -0.522. The van der Waals surface area contributed by atoms with E-state index in [9.17, 15) is 9.59 Å². The molecule has 146 valence electrons. The van der Waals surface area contributed by atoms with Gasteiger partial charge in [-0.1, -0.05) is 66.2 Å². The number of anilines is 1. The fourth-order valence-corrected chi connectivity index (χ4v) is 3.64. The molecule has 1 amide bonds. The first-order valence-electron chi connectivity index (χ1n) is 9.45. The van der Waals surface area contributed by atoms with Crippen molar-refractivity contribution in [2.75, 3.05) is 11.4 Å². The van der Waals surface area contributed by atoms with Crippen LogP contribution in [-0.4, -0.2) is 18.4 Å². The molecule has 4 rings (SSSR count). The van der Waals surface area contributed by atoms with E-state index in [1.165, 1.54) is 0 Å². The SMILES string of the molecule is Cc1ccc(N2C[C@H](C(=O)Oc3ccccc3-c3ccccc3)CC2=O)cc1Cl. The highest BCUT2D eigenvalue weighted by molar-refractivity contribution is 6.31. The Labute approximate surface area is 174 Å². The number of para-hydroxylation sites is 1. The van der Waals surface area contributed by atoms with E-state index in [2.05, 4.69) is 0 Å². The van der Waals surface area contributed by atoms with E-state index >= 15 is 0 Å². The molecule has 0 aromatic heterocycles. The Bertz CT molecular complexity index is 1060. The van der Waals surface area contributed by atoms with Crippen LogP contribution in [0.25, 0.3) is 11.1 Å². The quantitative estimate of drug-likeness (QED) is 0.438. The first-order valence-corrected chi connectivity index (χ1v) is 9.83. The third-order valence-corrected chi connectivity index (χ3v) is 5.52. The van der Waals surface area contributed by atoms with Crippen molar-refractivity contribution < 1.29 is 14.3 Å². The highest BCUT2D eigenvalue weighted by Crippen LogP contribution is 2.32. The van der Waals surface area contributed by atoms with Crippen molar-refractivity contribution in [3.63, 3.8) is 0 Å². The molecule has 4 nitrogen and oxygen atoms in total. The molecule has 0 N–H and O–H groups in total. The van der Waals surface area contributed by atoms with Crippen LogP contribution in [0, 0.1) is 12.8 Å². The Morgan fingerprint density at radius 3 is 2.52 bits per heavy atom. The summed E-state index contributed by atoms with van der Waals surface area (Å²) in [5.74, 6) is -0.537. The van der Waals surface area contributed by atoms with Gasteiger partial charge in [0.2, 0.25) is 5.91 Å². The topological polar surface area (TPSA) is 46.6 Å². The maximum atomic E-state index is 12.8. The second-order valence-electron chi connectivity index (χ2n) is 7.12. The van der Waals surface area contributed by atoms with Gasteiger partial charge in [0, 0.05) is 29.2 Å². The van der Waals surface area contributed by atoms with Crippen molar-refractivity contribution in [3.05, 3.63) is 83.4 Å². The summed E-state index contributed by atoms with van der Waals surface area (Å²) in [7, 11) is 0. The smallest absolute Gasteiger partial charge is 0.316 e. The Hall–Kier alpha value is -3.11. The lowest BCUT2D eigenvalue weighted by Crippen LogP contribution is -2.27. The number of amides is 1. The molecule has 1 aliphatic rings. The number of carbonyl (C=O) groups is 2. The summed E-state index contributed by atoms with van der Waals surface area (Å²) in [6, 6.07) is 22.6. The molecule has 3 aromatic rings. The van der Waals surface area contributed by atoms with Gasteiger partial charge < -0.3 is 9.64 Å². The number of esters is 1. The zero-order valence-electron chi connectivity index (χ0n) is 16.0. The minimum Gasteiger partial charge on any atom is -0.426 e. The van der Waals surface area contributed by atoms with E-state index in [1.54, 1.807) is 17.0 Å². The van der Waals surface area contributed by atoms with Gasteiger partial charge in [0.05, 0.1) is 5.92 Å². The summed E-state index contributed by atoms with van der Waals surface area (Å²) in [5, 5.41) is 0.595. The Kier molecular flexibility index (Phi) is 5.36. The van der Waals surface area contributed by atoms with Crippen LogP contribution >= 0.6 is 11.6 Å². The molecule has 0 bridgehead atoms. The normalized spacial score (nSPS) is 16.1. The van der Waals surface area contributed by atoms with Gasteiger partial charge in [0.15, 0.2) is 0 Å². The van der Waals surface area contributed by atoms with Crippen molar-refractivity contribution in [2.45, 2.75) is 13.3 Å². The van der Waals surface area contributed by atoms with Gasteiger partial charge in [-0.25, -0.2) is 0 Å². The van der Waals surface area contributed by atoms with E-state index in [0.717, 1.165) is 16.7 Å². The first-order chi connectivity index (χ1) is 14.0. The van der Waals surface area contributed by atoms with Crippen LogP contribution in [0.2, 0.25) is 5.02 Å². The van der Waals surface area contributed by atoms with Crippen LogP contribution in [-0.2, 0) is 9.59 Å². The molecule has 0 unspecified atom stereocenters. The van der Waals surface area contributed by atoms with Crippen LogP contribution in [0.15, 0.2) is 72.8 Å². The molecule has 1 aliphatic heterocycles. The van der Waals surface area contributed by atoms with Crippen molar-refractivity contribution >= 4 is 29.2 Å². The highest BCUT2D eigenvalue weighted by Gasteiger charge is 2.36. The third-order valence-electron chi connectivity index (χ3n) is 5.11. The molecule has 0 aliphatic carbocycles. The van der Waals surface area contributed by atoms with Gasteiger partial charge in [-0.3, -0.25) is 9.59 Å². The Morgan fingerprint density at radius 2 is 1.76 bits per heavy atom. The fraction of sp³-hybridized carbons (Fsp3) is 0.167. The van der Waals surface area contributed by atoms with E-state index in [4.69, 9.17) is 16.3 Å². The second-order valence-corrected chi connectivity index (χ2v) is 7.53. The number of hydrogen-bond acceptors (Lipinski definition) is 3. The van der Waals surface area contributed by atoms with Crippen molar-refractivity contribution in [2.24, 2.45) is 5.92 Å². The molecule has 0 saturated carbocycles. The number of benzene rings is 3. The van der Waals surface area contributed by atoms with Gasteiger partial charge in [-0.15, -0.1) is 0 Å². The average Bonchev–Trinajstić information content (AvgIpc) is 3.13. The minimum absolute atomic E-state index is 0.108. The highest BCUT2D eigenvalue weighted by atomic mass is 35.5. The summed E-state index contributed by atoms with van der Waals surface area (Å²) >= 11 is 6.19. The van der Waals surface area contributed by atoms with Gasteiger partial charge in [-0.05, 0) is 36.2 Å². The molecule has 0 spiro atoms. The predicted octanol–water partition coefficient (Wildman–Crippen LogP) is 5.27. The number of ether oxygens (including phenoxy) is 1. The standard InChI is InChI=1S/C24H20ClNO3/c1-16-11-12-19(14-21(16)25)26-15-18(13-23(26)27)24(28)29-22-10-6-5-9-20(22)17-7-3-2-4-8-17/h2-12,14,18H,13,15H2,1H3/t18-/m1/s1. The lowest BCUT2D eigenvalue weighted by atomic mass is 10.0. The largest absolute Gasteiger partial charge is 0.426 e. The van der Waals surface area contributed by atoms with Crippen molar-refractivity contribution in [3.8, 4) is 16.9 Å². The molecule has 1 heterocycles. The summed E-state index contributed by atoms with van der Waals surface area (Å²) in [4.78, 5) is 26.9. The number of halogens is 1. The average molecular weight is 406 g/mol. The lowest BCUT2D eigenvalue weighted by molar-refractivity contribution is -0.139. The van der Waals surface area contributed by atoms with Crippen LogP contribution in [0.3, 0.4) is 0 Å². The van der Waals surface area contributed by atoms with E-state index in [-0.39, 0.29) is 18.9 Å². The van der Waals surface area contributed by atoms with Gasteiger partial charge >= 0.3 is 5.97 Å². The zero-order valence-corrected chi connectivity index (χ0v) is 16.7. The zero-order chi connectivity index (χ0) is 20.4. The summed E-state index contributed by atoms with van der Waals surface area (Å²) in [6.07, 6.45) is 0.123. The van der Waals surface area contributed by atoms with E-state index < -0.39 is 11.9 Å². The van der Waals surface area contributed by atoms with Crippen molar-refractivity contribution in [1.29, 1.82) is 0 Å². The molecule has 0 radical (unpaired) electrons. The maximum absolute atomic E-state index is 12.8. The molecular weight excluding hydrogens is 386 g/mol. The lowest BCUT2D eigenvalue weighted by Gasteiger charge is -2.17. The van der Waals surface area contributed by atoms with Crippen LogP contribution in [0.1, 0.15) is 12.0 Å². The van der Waals surface area contributed by atoms with Crippen LogP contribution < -0.4 is 9.64 Å². The predicted molar refractivity (Wildman–Crippen MR) is 114 cm³/mol. The summed E-state index contributed by atoms with van der Waals surface area (Å²) < 4.78 is 5.72. The maximum Gasteiger partial charge on any atom is 0.316 e. The number of carbonyl (C=O) groups excluding carboxylic acids is 2.